The molecule has 182 valence electrons. The zero-order valence-electron chi connectivity index (χ0n) is 17.8. The molecule has 2 aromatic rings. The minimum absolute atomic E-state index is 0.125. The van der Waals surface area contributed by atoms with E-state index in [-0.39, 0.29) is 12.5 Å². The molecule has 2 aromatic carbocycles. The lowest BCUT2D eigenvalue weighted by atomic mass is 9.98. The quantitative estimate of drug-likeness (QED) is 0.437. The Morgan fingerprint density at radius 2 is 1.56 bits per heavy atom. The number of carbonyl (C=O) groups is 3. The van der Waals surface area contributed by atoms with E-state index in [2.05, 4.69) is 0 Å². The summed E-state index contributed by atoms with van der Waals surface area (Å²) < 4.78 is 45.3. The van der Waals surface area contributed by atoms with Gasteiger partial charge in [0.2, 0.25) is 5.91 Å². The molecule has 34 heavy (non-hydrogen) atoms. The molecule has 0 aromatic heterocycles. The first-order chi connectivity index (χ1) is 16.1. The summed E-state index contributed by atoms with van der Waals surface area (Å²) in [6.07, 6.45) is -6.66. The largest absolute Gasteiger partial charge is 0.480 e. The van der Waals surface area contributed by atoms with Crippen molar-refractivity contribution in [3.8, 4) is 11.1 Å². The molecule has 0 bridgehead atoms. The fraction of sp³-hybridized carbons (Fsp3) is 0.348. The van der Waals surface area contributed by atoms with Crippen molar-refractivity contribution in [2.75, 3.05) is 19.8 Å². The summed E-state index contributed by atoms with van der Waals surface area (Å²) in [6.45, 7) is -1.91. The second kappa shape index (κ2) is 10.6. The van der Waals surface area contributed by atoms with Crippen LogP contribution in [0.5, 0.6) is 0 Å². The second-order valence-corrected chi connectivity index (χ2v) is 7.71. The van der Waals surface area contributed by atoms with Crippen molar-refractivity contribution in [2.24, 2.45) is 5.92 Å². The summed E-state index contributed by atoms with van der Waals surface area (Å²) in [6, 6.07) is 13.4. The van der Waals surface area contributed by atoms with Crippen molar-refractivity contribution in [3.05, 3.63) is 59.7 Å². The van der Waals surface area contributed by atoms with Gasteiger partial charge in [0.15, 0.2) is 5.92 Å². The number of ether oxygens (including phenoxy) is 1. The fourth-order valence-corrected chi connectivity index (χ4v) is 3.85. The Hall–Kier alpha value is -3.60. The molecule has 3 rings (SSSR count). The zero-order valence-corrected chi connectivity index (χ0v) is 17.8. The van der Waals surface area contributed by atoms with Gasteiger partial charge in [-0.3, -0.25) is 4.79 Å². The number of carboxylic acid groups (broad SMARTS) is 1. The van der Waals surface area contributed by atoms with Crippen LogP contribution in [0.25, 0.3) is 11.1 Å². The topological polar surface area (TPSA) is 125 Å². The first kappa shape index (κ1) is 25.0. The molecule has 1 aliphatic carbocycles. The molecular weight excluding hydrogens is 457 g/mol. The molecule has 0 heterocycles. The molecule has 0 aliphatic heterocycles. The van der Waals surface area contributed by atoms with Crippen LogP contribution in [-0.4, -0.2) is 60.2 Å². The molecule has 2 atom stereocenters. The van der Waals surface area contributed by atoms with Crippen LogP contribution in [0.4, 0.5) is 18.0 Å². The number of carboxylic acids is 1. The molecule has 0 saturated heterocycles. The molecule has 0 fully saturated rings. The highest BCUT2D eigenvalue weighted by Crippen LogP contribution is 2.44. The minimum atomic E-state index is -5.05. The highest BCUT2D eigenvalue weighted by Gasteiger charge is 2.46. The number of alkyl carbamates (subject to hydrolysis) is 1. The van der Waals surface area contributed by atoms with Crippen molar-refractivity contribution in [1.29, 1.82) is 0 Å². The smallest absolute Gasteiger partial charge is 0.407 e. The predicted octanol–water partition coefficient (Wildman–Crippen LogP) is 2.66. The molecule has 8 nitrogen and oxygen atoms in total. The third kappa shape index (κ3) is 5.66. The Labute approximate surface area is 192 Å². The van der Waals surface area contributed by atoms with E-state index in [9.17, 15) is 27.6 Å². The Kier molecular flexibility index (Phi) is 7.77. The summed E-state index contributed by atoms with van der Waals surface area (Å²) >= 11 is 0. The first-order valence-electron chi connectivity index (χ1n) is 10.4. The van der Waals surface area contributed by atoms with Crippen LogP contribution < -0.4 is 10.6 Å². The second-order valence-electron chi connectivity index (χ2n) is 7.71. The van der Waals surface area contributed by atoms with Gasteiger partial charge in [0.1, 0.15) is 12.6 Å². The van der Waals surface area contributed by atoms with Gasteiger partial charge >= 0.3 is 18.2 Å². The Bertz CT molecular complexity index is 1010. The number of nitrogens with one attached hydrogen (secondary N) is 2. The number of fused-ring (bicyclic) bond motifs is 3. The highest BCUT2D eigenvalue weighted by molar-refractivity contribution is 5.86. The SMILES string of the molecule is O=C(NCC(C(=O)N[C@H](CCO)C(=O)O)C(F)(F)F)OCC1c2ccccc2-c2ccccc21. The highest BCUT2D eigenvalue weighted by atomic mass is 19.4. The van der Waals surface area contributed by atoms with Gasteiger partial charge in [0, 0.05) is 25.5 Å². The predicted molar refractivity (Wildman–Crippen MR) is 114 cm³/mol. The van der Waals surface area contributed by atoms with Gasteiger partial charge in [-0.05, 0) is 22.3 Å². The maximum Gasteiger partial charge on any atom is 0.407 e. The fourth-order valence-electron chi connectivity index (χ4n) is 3.85. The van der Waals surface area contributed by atoms with Crippen molar-refractivity contribution >= 4 is 18.0 Å². The zero-order chi connectivity index (χ0) is 24.9. The number of amides is 2. The van der Waals surface area contributed by atoms with Crippen LogP contribution in [0.3, 0.4) is 0 Å². The van der Waals surface area contributed by atoms with E-state index in [1.54, 1.807) is 5.32 Å². The maximum atomic E-state index is 13.4. The third-order valence-electron chi connectivity index (χ3n) is 5.54. The summed E-state index contributed by atoms with van der Waals surface area (Å²) in [4.78, 5) is 35.3. The number of hydrogen-bond acceptors (Lipinski definition) is 5. The lowest BCUT2D eigenvalue weighted by molar-refractivity contribution is -0.182. The van der Waals surface area contributed by atoms with Gasteiger partial charge in [-0.2, -0.15) is 13.2 Å². The van der Waals surface area contributed by atoms with Crippen molar-refractivity contribution in [2.45, 2.75) is 24.6 Å². The lowest BCUT2D eigenvalue weighted by Crippen LogP contribution is -2.51. The molecule has 4 N–H and O–H groups in total. The van der Waals surface area contributed by atoms with Crippen LogP contribution in [0.1, 0.15) is 23.5 Å². The van der Waals surface area contributed by atoms with Crippen LogP contribution in [0.15, 0.2) is 48.5 Å². The molecule has 0 radical (unpaired) electrons. The van der Waals surface area contributed by atoms with Gasteiger partial charge in [-0.15, -0.1) is 0 Å². The number of alkyl halides is 3. The molecule has 1 aliphatic rings. The van der Waals surface area contributed by atoms with Gasteiger partial charge in [0.25, 0.3) is 0 Å². The van der Waals surface area contributed by atoms with E-state index in [1.165, 1.54) is 0 Å². The third-order valence-corrected chi connectivity index (χ3v) is 5.54. The summed E-state index contributed by atoms with van der Waals surface area (Å²) in [7, 11) is 0. The number of aliphatic carboxylic acids is 1. The number of hydrogen-bond donors (Lipinski definition) is 4. The van der Waals surface area contributed by atoms with E-state index in [1.807, 2.05) is 53.8 Å². The van der Waals surface area contributed by atoms with Gasteiger partial charge in [-0.25, -0.2) is 9.59 Å². The van der Waals surface area contributed by atoms with E-state index in [0.29, 0.717) is 0 Å². The number of benzene rings is 2. The Morgan fingerprint density at radius 1 is 1.00 bits per heavy atom. The summed E-state index contributed by atoms with van der Waals surface area (Å²) in [5, 5.41) is 21.5. The average Bonchev–Trinajstić information content (AvgIpc) is 3.10. The lowest BCUT2D eigenvalue weighted by Gasteiger charge is -2.22. The van der Waals surface area contributed by atoms with Gasteiger partial charge in [-0.1, -0.05) is 48.5 Å². The van der Waals surface area contributed by atoms with Crippen LogP contribution >= 0.6 is 0 Å². The maximum absolute atomic E-state index is 13.4. The number of aliphatic hydroxyl groups excluding tert-OH is 1. The minimum Gasteiger partial charge on any atom is -0.480 e. The first-order valence-corrected chi connectivity index (χ1v) is 10.4. The average molecular weight is 480 g/mol. The van der Waals surface area contributed by atoms with Crippen molar-refractivity contribution < 1.29 is 42.5 Å². The van der Waals surface area contributed by atoms with E-state index >= 15 is 0 Å². The molecular formula is C23H23F3N2O6. The summed E-state index contributed by atoms with van der Waals surface area (Å²) in [5.74, 6) is -6.22. The van der Waals surface area contributed by atoms with Crippen molar-refractivity contribution in [3.63, 3.8) is 0 Å². The molecule has 11 heteroatoms. The van der Waals surface area contributed by atoms with Gasteiger partial charge < -0.3 is 25.6 Å². The number of rotatable bonds is 9. The van der Waals surface area contributed by atoms with Crippen molar-refractivity contribution in [1.82, 2.24) is 10.6 Å². The monoisotopic (exact) mass is 480 g/mol. The van der Waals surface area contributed by atoms with E-state index in [0.717, 1.165) is 22.3 Å². The Balaban J connectivity index is 1.62. The number of carbonyl (C=O) groups excluding carboxylic acids is 2. The number of aliphatic hydroxyl groups is 1. The van der Waals surface area contributed by atoms with Crippen LogP contribution in [0.2, 0.25) is 0 Å². The molecule has 2 amide bonds. The molecule has 1 unspecified atom stereocenters. The summed E-state index contributed by atoms with van der Waals surface area (Å²) in [5.41, 5.74) is 3.81. The number of halogens is 3. The molecule has 0 saturated carbocycles. The Morgan fingerprint density at radius 3 is 2.06 bits per heavy atom. The van der Waals surface area contributed by atoms with E-state index in [4.69, 9.17) is 14.9 Å². The van der Waals surface area contributed by atoms with Gasteiger partial charge in [0.05, 0.1) is 0 Å². The van der Waals surface area contributed by atoms with Crippen LogP contribution in [-0.2, 0) is 14.3 Å². The van der Waals surface area contributed by atoms with Crippen LogP contribution in [0, 0.1) is 5.92 Å². The molecule has 0 spiro atoms. The standard InChI is InChI=1S/C23H23F3N2O6/c24-23(25,26)18(20(30)28-19(9-10-29)21(31)32)11-27-22(33)34-12-17-15-7-3-1-5-13(15)14-6-2-4-8-16(14)17/h1-8,17-19,29H,9-12H2,(H,27,33)(H,28,30)(H,31,32)/t18?,19-/m1/s1. The normalized spacial score (nSPS) is 14.5. The van der Waals surface area contributed by atoms with E-state index < -0.39 is 55.7 Å².